The molecule has 0 unspecified atom stereocenters. The summed E-state index contributed by atoms with van der Waals surface area (Å²) in [5, 5.41) is 1.97. The van der Waals surface area contributed by atoms with E-state index in [-0.39, 0.29) is 18.2 Å². The van der Waals surface area contributed by atoms with Crippen LogP contribution >= 0.6 is 23.1 Å². The molecule has 0 saturated carbocycles. The maximum Gasteiger partial charge on any atom is 0.573 e. The van der Waals surface area contributed by atoms with Gasteiger partial charge in [0, 0.05) is 29.6 Å². The lowest BCUT2D eigenvalue weighted by molar-refractivity contribution is -0.274. The van der Waals surface area contributed by atoms with Gasteiger partial charge in [0.15, 0.2) is 0 Å². The van der Waals surface area contributed by atoms with Crippen LogP contribution in [0.2, 0.25) is 0 Å². The summed E-state index contributed by atoms with van der Waals surface area (Å²) in [6, 6.07) is 12.8. The van der Waals surface area contributed by atoms with Crippen molar-refractivity contribution in [1.82, 2.24) is 9.88 Å². The summed E-state index contributed by atoms with van der Waals surface area (Å²) < 4.78 is 40.6. The minimum Gasteiger partial charge on any atom is -0.406 e. The number of benzene rings is 2. The Labute approximate surface area is 174 Å². The van der Waals surface area contributed by atoms with Crippen LogP contribution in [-0.4, -0.2) is 29.2 Å². The van der Waals surface area contributed by atoms with Crippen LogP contribution in [0.3, 0.4) is 0 Å². The predicted octanol–water partition coefficient (Wildman–Crippen LogP) is 5.61. The molecule has 0 atom stereocenters. The number of thioether (sulfide) groups is 1. The Balaban J connectivity index is 1.65. The SMILES string of the molecule is CN(Cc1ccc(OC(F)(F)F)cc1)C(=O)c1ccccc1SCc1cscn1. The molecule has 0 aliphatic rings. The zero-order valence-electron chi connectivity index (χ0n) is 15.3. The highest BCUT2D eigenvalue weighted by Gasteiger charge is 2.31. The first-order chi connectivity index (χ1) is 13.8. The first kappa shape index (κ1) is 21.2. The lowest BCUT2D eigenvalue weighted by atomic mass is 10.1. The summed E-state index contributed by atoms with van der Waals surface area (Å²) in [5.41, 5.74) is 4.00. The lowest BCUT2D eigenvalue weighted by Gasteiger charge is -2.19. The molecule has 3 aromatic rings. The standard InChI is InChI=1S/C20H17F3N2O2S2/c1-25(10-14-6-8-16(9-7-14)27-20(21,22)23)19(26)17-4-2-3-5-18(17)29-12-15-11-28-13-24-15/h2-9,11,13H,10,12H2,1H3. The van der Waals surface area contributed by atoms with Crippen LogP contribution in [0.5, 0.6) is 5.75 Å². The molecular weight excluding hydrogens is 421 g/mol. The number of ether oxygens (including phenoxy) is 1. The van der Waals surface area contributed by atoms with Gasteiger partial charge in [-0.15, -0.1) is 36.3 Å². The zero-order chi connectivity index (χ0) is 20.9. The van der Waals surface area contributed by atoms with Gasteiger partial charge in [-0.2, -0.15) is 0 Å². The Morgan fingerprint density at radius 1 is 1.17 bits per heavy atom. The van der Waals surface area contributed by atoms with Crippen molar-refractivity contribution < 1.29 is 22.7 Å². The van der Waals surface area contributed by atoms with Gasteiger partial charge in [-0.3, -0.25) is 4.79 Å². The molecule has 4 nitrogen and oxygen atoms in total. The van der Waals surface area contributed by atoms with E-state index in [0.717, 1.165) is 10.6 Å². The monoisotopic (exact) mass is 438 g/mol. The number of carbonyl (C=O) groups excluding carboxylic acids is 1. The molecule has 9 heteroatoms. The third-order valence-corrected chi connectivity index (χ3v) is 5.64. The Bertz CT molecular complexity index is 945. The molecule has 0 fully saturated rings. The van der Waals surface area contributed by atoms with E-state index < -0.39 is 6.36 Å². The number of carbonyl (C=O) groups is 1. The first-order valence-corrected chi connectivity index (χ1v) is 10.4. The second-order valence-electron chi connectivity index (χ2n) is 6.12. The molecular formula is C20H17F3N2O2S2. The number of hydrogen-bond acceptors (Lipinski definition) is 5. The van der Waals surface area contributed by atoms with Crippen molar-refractivity contribution in [3.63, 3.8) is 0 Å². The summed E-state index contributed by atoms with van der Waals surface area (Å²) in [4.78, 5) is 19.5. The summed E-state index contributed by atoms with van der Waals surface area (Å²) in [5.74, 6) is 0.207. The van der Waals surface area contributed by atoms with E-state index in [1.807, 2.05) is 17.5 Å². The average molecular weight is 438 g/mol. The van der Waals surface area contributed by atoms with Gasteiger partial charge in [-0.1, -0.05) is 24.3 Å². The molecule has 0 N–H and O–H groups in total. The Hall–Kier alpha value is -2.52. The fourth-order valence-corrected chi connectivity index (χ4v) is 4.19. The predicted molar refractivity (Wildman–Crippen MR) is 107 cm³/mol. The first-order valence-electron chi connectivity index (χ1n) is 8.51. The van der Waals surface area contributed by atoms with Crippen LogP contribution in [0.25, 0.3) is 0 Å². The van der Waals surface area contributed by atoms with Crippen LogP contribution in [0, 0.1) is 0 Å². The second-order valence-corrected chi connectivity index (χ2v) is 7.85. The van der Waals surface area contributed by atoms with Crippen LogP contribution in [0.1, 0.15) is 21.6 Å². The quantitative estimate of drug-likeness (QED) is 0.450. The molecule has 0 aliphatic heterocycles. The van der Waals surface area contributed by atoms with Gasteiger partial charge in [0.2, 0.25) is 0 Å². The fourth-order valence-electron chi connectivity index (χ4n) is 2.58. The number of rotatable bonds is 7. The van der Waals surface area contributed by atoms with E-state index >= 15 is 0 Å². The number of thiazole rings is 1. The van der Waals surface area contributed by atoms with E-state index in [1.165, 1.54) is 52.3 Å². The van der Waals surface area contributed by atoms with Gasteiger partial charge >= 0.3 is 6.36 Å². The van der Waals surface area contributed by atoms with Crippen LogP contribution < -0.4 is 4.74 Å². The van der Waals surface area contributed by atoms with Crippen molar-refractivity contribution in [3.05, 3.63) is 76.2 Å². The van der Waals surface area contributed by atoms with Gasteiger partial charge in [0.05, 0.1) is 16.8 Å². The molecule has 0 bridgehead atoms. The molecule has 0 aliphatic carbocycles. The lowest BCUT2D eigenvalue weighted by Crippen LogP contribution is -2.26. The average Bonchev–Trinajstić information content (AvgIpc) is 3.20. The van der Waals surface area contributed by atoms with Gasteiger partial charge < -0.3 is 9.64 Å². The topological polar surface area (TPSA) is 42.4 Å². The molecule has 1 amide bonds. The Morgan fingerprint density at radius 3 is 2.55 bits per heavy atom. The highest BCUT2D eigenvalue weighted by atomic mass is 32.2. The molecule has 1 aromatic heterocycles. The minimum atomic E-state index is -4.73. The number of halogens is 3. The molecule has 0 saturated heterocycles. The van der Waals surface area contributed by atoms with Crippen molar-refractivity contribution in [3.8, 4) is 5.75 Å². The van der Waals surface area contributed by atoms with Crippen molar-refractivity contribution in [2.75, 3.05) is 7.05 Å². The summed E-state index contributed by atoms with van der Waals surface area (Å²) >= 11 is 3.06. The molecule has 2 aromatic carbocycles. The van der Waals surface area contributed by atoms with Gasteiger partial charge in [0.25, 0.3) is 5.91 Å². The minimum absolute atomic E-state index is 0.165. The largest absolute Gasteiger partial charge is 0.573 e. The van der Waals surface area contributed by atoms with Gasteiger partial charge in [0.1, 0.15) is 5.75 Å². The van der Waals surface area contributed by atoms with Gasteiger partial charge in [-0.25, -0.2) is 4.98 Å². The molecule has 3 rings (SSSR count). The van der Waals surface area contributed by atoms with Crippen LogP contribution in [-0.2, 0) is 12.3 Å². The molecule has 0 radical (unpaired) electrons. The second kappa shape index (κ2) is 9.32. The number of aromatic nitrogens is 1. The zero-order valence-corrected chi connectivity index (χ0v) is 17.0. The summed E-state index contributed by atoms with van der Waals surface area (Å²) in [7, 11) is 1.66. The number of hydrogen-bond donors (Lipinski definition) is 0. The normalized spacial score (nSPS) is 11.3. The van der Waals surface area contributed by atoms with Gasteiger partial charge in [-0.05, 0) is 29.8 Å². The third-order valence-electron chi connectivity index (χ3n) is 3.90. The highest BCUT2D eigenvalue weighted by Crippen LogP contribution is 2.28. The number of nitrogens with zero attached hydrogens (tertiary/aromatic N) is 2. The fraction of sp³-hybridized carbons (Fsp3) is 0.200. The van der Waals surface area contributed by atoms with Crippen molar-refractivity contribution >= 4 is 29.0 Å². The van der Waals surface area contributed by atoms with Crippen molar-refractivity contribution in [2.24, 2.45) is 0 Å². The molecule has 29 heavy (non-hydrogen) atoms. The molecule has 1 heterocycles. The summed E-state index contributed by atoms with van der Waals surface area (Å²) in [6.07, 6.45) is -4.73. The van der Waals surface area contributed by atoms with E-state index in [4.69, 9.17) is 0 Å². The smallest absolute Gasteiger partial charge is 0.406 e. The van der Waals surface area contributed by atoms with E-state index in [2.05, 4.69) is 9.72 Å². The Kier molecular flexibility index (Phi) is 6.81. The number of amides is 1. The van der Waals surface area contributed by atoms with E-state index in [9.17, 15) is 18.0 Å². The molecule has 0 spiro atoms. The van der Waals surface area contributed by atoms with E-state index in [0.29, 0.717) is 16.9 Å². The van der Waals surface area contributed by atoms with Crippen LogP contribution in [0.4, 0.5) is 13.2 Å². The van der Waals surface area contributed by atoms with Crippen molar-refractivity contribution in [2.45, 2.75) is 23.6 Å². The summed E-state index contributed by atoms with van der Waals surface area (Å²) in [6.45, 7) is 0.260. The molecule has 152 valence electrons. The van der Waals surface area contributed by atoms with Crippen molar-refractivity contribution in [1.29, 1.82) is 0 Å². The van der Waals surface area contributed by atoms with E-state index in [1.54, 1.807) is 24.7 Å². The third kappa shape index (κ3) is 6.23. The Morgan fingerprint density at radius 2 is 1.90 bits per heavy atom. The maximum absolute atomic E-state index is 12.9. The van der Waals surface area contributed by atoms with Crippen LogP contribution in [0.15, 0.2) is 64.3 Å². The maximum atomic E-state index is 12.9. The highest BCUT2D eigenvalue weighted by molar-refractivity contribution is 7.98. The number of alkyl halides is 3.